The highest BCUT2D eigenvalue weighted by molar-refractivity contribution is 5.87. The molecule has 5 heteroatoms. The van der Waals surface area contributed by atoms with E-state index in [1.165, 1.54) is 0 Å². The predicted octanol–water partition coefficient (Wildman–Crippen LogP) is 2.75. The zero-order valence-electron chi connectivity index (χ0n) is 12.3. The highest BCUT2D eigenvalue weighted by Crippen LogP contribution is 2.18. The molecule has 1 amide bonds. The molecule has 1 heterocycles. The second-order valence-corrected chi connectivity index (χ2v) is 4.89. The number of amides is 1. The summed E-state index contributed by atoms with van der Waals surface area (Å²) in [5, 5.41) is 0. The van der Waals surface area contributed by atoms with Gasteiger partial charge in [0.15, 0.2) is 6.61 Å². The number of para-hydroxylation sites is 3. The molecule has 1 N–H and O–H groups in total. The quantitative estimate of drug-likeness (QED) is 0.787. The molecule has 0 aliphatic carbocycles. The lowest BCUT2D eigenvalue weighted by Crippen LogP contribution is -2.27. The fraction of sp³-hybridized carbons (Fsp3) is 0.176. The van der Waals surface area contributed by atoms with Gasteiger partial charge in [0.2, 0.25) is 0 Å². The van der Waals surface area contributed by atoms with Gasteiger partial charge in [-0.2, -0.15) is 0 Å². The second-order valence-electron chi connectivity index (χ2n) is 4.89. The van der Waals surface area contributed by atoms with Gasteiger partial charge in [0, 0.05) is 0 Å². The predicted molar refractivity (Wildman–Crippen MR) is 85.4 cm³/mol. The summed E-state index contributed by atoms with van der Waals surface area (Å²) < 4.78 is 7.21. The highest BCUT2D eigenvalue weighted by atomic mass is 16.5. The molecule has 0 bridgehead atoms. The standard InChI is InChI=1S/C17H17N3O2/c1-2-13-7-3-6-10-16(13)22-11-17(21)19-20-12-18-14-8-4-5-9-15(14)20/h3-10,12H,2,11H2,1H3,(H,19,21). The smallest absolute Gasteiger partial charge is 0.276 e. The Kier molecular flexibility index (Phi) is 4.05. The Labute approximate surface area is 128 Å². The molecular weight excluding hydrogens is 278 g/mol. The first-order valence-electron chi connectivity index (χ1n) is 7.20. The van der Waals surface area contributed by atoms with Crippen LogP contribution in [0, 0.1) is 0 Å². The van der Waals surface area contributed by atoms with Crippen molar-refractivity contribution in [2.75, 3.05) is 12.0 Å². The summed E-state index contributed by atoms with van der Waals surface area (Å²) in [6.45, 7) is 2.02. The molecule has 1 aromatic heterocycles. The third-order valence-corrected chi connectivity index (χ3v) is 3.41. The SMILES string of the molecule is CCc1ccccc1OCC(=O)Nn1cnc2ccccc21. The summed E-state index contributed by atoms with van der Waals surface area (Å²) in [4.78, 5) is 16.3. The van der Waals surface area contributed by atoms with Crippen molar-refractivity contribution >= 4 is 16.9 Å². The van der Waals surface area contributed by atoms with Gasteiger partial charge in [-0.15, -0.1) is 0 Å². The van der Waals surface area contributed by atoms with E-state index < -0.39 is 0 Å². The molecule has 3 aromatic rings. The summed E-state index contributed by atoms with van der Waals surface area (Å²) in [5.74, 6) is 0.518. The minimum atomic E-state index is -0.228. The fourth-order valence-electron chi connectivity index (χ4n) is 2.29. The molecule has 0 aliphatic heterocycles. The number of hydrogen-bond acceptors (Lipinski definition) is 3. The highest BCUT2D eigenvalue weighted by Gasteiger charge is 2.08. The lowest BCUT2D eigenvalue weighted by atomic mass is 10.1. The number of ether oxygens (including phenoxy) is 1. The van der Waals surface area contributed by atoms with Crippen LogP contribution in [0.4, 0.5) is 0 Å². The minimum Gasteiger partial charge on any atom is -0.483 e. The normalized spacial score (nSPS) is 10.6. The van der Waals surface area contributed by atoms with Crippen LogP contribution >= 0.6 is 0 Å². The van der Waals surface area contributed by atoms with Crippen LogP contribution in [0.2, 0.25) is 0 Å². The van der Waals surface area contributed by atoms with Gasteiger partial charge in [0.25, 0.3) is 5.91 Å². The Hall–Kier alpha value is -2.82. The Morgan fingerprint density at radius 2 is 1.95 bits per heavy atom. The summed E-state index contributed by atoms with van der Waals surface area (Å²) in [6.07, 6.45) is 2.45. The van der Waals surface area contributed by atoms with E-state index in [0.29, 0.717) is 0 Å². The molecule has 0 atom stereocenters. The minimum absolute atomic E-state index is 0.0382. The van der Waals surface area contributed by atoms with Crippen LogP contribution in [0.3, 0.4) is 0 Å². The van der Waals surface area contributed by atoms with Crippen molar-refractivity contribution in [3.05, 3.63) is 60.4 Å². The molecule has 0 saturated heterocycles. The molecule has 0 fully saturated rings. The number of hydrogen-bond donors (Lipinski definition) is 1. The first kappa shape index (κ1) is 14.1. The van der Waals surface area contributed by atoms with Crippen molar-refractivity contribution in [3.63, 3.8) is 0 Å². The molecule has 3 rings (SSSR count). The maximum absolute atomic E-state index is 12.0. The average molecular weight is 295 g/mol. The van der Waals surface area contributed by atoms with Gasteiger partial charge in [-0.05, 0) is 30.2 Å². The van der Waals surface area contributed by atoms with Gasteiger partial charge in [-0.25, -0.2) is 9.66 Å². The van der Waals surface area contributed by atoms with Crippen LogP contribution in [0.5, 0.6) is 5.75 Å². The van der Waals surface area contributed by atoms with Crippen molar-refractivity contribution in [1.82, 2.24) is 9.66 Å². The zero-order chi connectivity index (χ0) is 15.4. The first-order valence-corrected chi connectivity index (χ1v) is 7.20. The maximum atomic E-state index is 12.0. The number of aromatic nitrogens is 2. The number of carbonyl (C=O) groups excluding carboxylic acids is 1. The van der Waals surface area contributed by atoms with E-state index in [9.17, 15) is 4.79 Å². The Morgan fingerprint density at radius 1 is 1.18 bits per heavy atom. The van der Waals surface area contributed by atoms with Crippen LogP contribution in [0.15, 0.2) is 54.9 Å². The monoisotopic (exact) mass is 295 g/mol. The van der Waals surface area contributed by atoms with Gasteiger partial charge in [0.1, 0.15) is 12.1 Å². The van der Waals surface area contributed by atoms with Crippen LogP contribution in [-0.4, -0.2) is 22.2 Å². The molecule has 0 unspecified atom stereocenters. The van der Waals surface area contributed by atoms with E-state index in [0.717, 1.165) is 28.8 Å². The third kappa shape index (κ3) is 2.93. The van der Waals surface area contributed by atoms with Crippen molar-refractivity contribution in [3.8, 4) is 5.75 Å². The number of imidazole rings is 1. The molecule has 0 saturated carbocycles. The summed E-state index contributed by atoms with van der Waals surface area (Å²) in [5.41, 5.74) is 5.53. The lowest BCUT2D eigenvalue weighted by molar-refractivity contribution is -0.119. The molecule has 22 heavy (non-hydrogen) atoms. The van der Waals surface area contributed by atoms with Gasteiger partial charge in [-0.1, -0.05) is 37.3 Å². The number of nitrogens with zero attached hydrogens (tertiary/aromatic N) is 2. The van der Waals surface area contributed by atoms with Gasteiger partial charge in [-0.3, -0.25) is 10.2 Å². The van der Waals surface area contributed by atoms with Crippen LogP contribution in [0.25, 0.3) is 11.0 Å². The van der Waals surface area contributed by atoms with E-state index in [2.05, 4.69) is 17.3 Å². The molecule has 112 valence electrons. The van der Waals surface area contributed by atoms with Crippen molar-refractivity contribution in [1.29, 1.82) is 0 Å². The number of rotatable bonds is 5. The number of fused-ring (bicyclic) bond motifs is 1. The van der Waals surface area contributed by atoms with Crippen molar-refractivity contribution in [2.45, 2.75) is 13.3 Å². The molecule has 0 aliphatic rings. The molecular formula is C17H17N3O2. The van der Waals surface area contributed by atoms with Crippen molar-refractivity contribution < 1.29 is 9.53 Å². The zero-order valence-corrected chi connectivity index (χ0v) is 12.3. The number of benzene rings is 2. The second kappa shape index (κ2) is 6.30. The first-order chi connectivity index (χ1) is 10.8. The fourth-order valence-corrected chi connectivity index (χ4v) is 2.29. The van der Waals surface area contributed by atoms with Crippen LogP contribution in [-0.2, 0) is 11.2 Å². The van der Waals surface area contributed by atoms with Crippen LogP contribution in [0.1, 0.15) is 12.5 Å². The average Bonchev–Trinajstić information content (AvgIpc) is 2.96. The van der Waals surface area contributed by atoms with E-state index in [1.807, 2.05) is 48.5 Å². The lowest BCUT2D eigenvalue weighted by Gasteiger charge is -2.11. The van der Waals surface area contributed by atoms with E-state index in [4.69, 9.17) is 4.74 Å². The van der Waals surface area contributed by atoms with Gasteiger partial charge < -0.3 is 4.74 Å². The Morgan fingerprint density at radius 3 is 2.82 bits per heavy atom. The number of aryl methyl sites for hydroxylation is 1. The largest absolute Gasteiger partial charge is 0.483 e. The Balaban J connectivity index is 1.65. The van der Waals surface area contributed by atoms with E-state index >= 15 is 0 Å². The third-order valence-electron chi connectivity index (χ3n) is 3.41. The number of nitrogens with one attached hydrogen (secondary N) is 1. The van der Waals surface area contributed by atoms with E-state index in [1.54, 1.807) is 11.0 Å². The topological polar surface area (TPSA) is 56.1 Å². The van der Waals surface area contributed by atoms with Crippen LogP contribution < -0.4 is 10.2 Å². The summed E-state index contributed by atoms with van der Waals surface area (Å²) in [6, 6.07) is 15.3. The molecule has 2 aromatic carbocycles. The van der Waals surface area contributed by atoms with E-state index in [-0.39, 0.29) is 12.5 Å². The van der Waals surface area contributed by atoms with Gasteiger partial charge >= 0.3 is 0 Å². The number of carbonyl (C=O) groups is 1. The molecule has 0 spiro atoms. The summed E-state index contributed by atoms with van der Waals surface area (Å²) >= 11 is 0. The van der Waals surface area contributed by atoms with Gasteiger partial charge in [0.05, 0.1) is 11.0 Å². The Bertz CT molecular complexity index is 795. The maximum Gasteiger partial charge on any atom is 0.276 e. The van der Waals surface area contributed by atoms with Crippen molar-refractivity contribution in [2.24, 2.45) is 0 Å². The molecule has 0 radical (unpaired) electrons. The molecule has 5 nitrogen and oxygen atoms in total. The summed E-state index contributed by atoms with van der Waals surface area (Å²) in [7, 11) is 0.